The molecular formula is C12H22N6O3S. The van der Waals surface area contributed by atoms with Crippen LogP contribution in [0.4, 0.5) is 11.9 Å². The second kappa shape index (κ2) is 7.05. The van der Waals surface area contributed by atoms with Crippen molar-refractivity contribution in [2.45, 2.75) is 32.2 Å². The van der Waals surface area contributed by atoms with Crippen molar-refractivity contribution in [1.82, 2.24) is 19.3 Å². The number of hydrogen-bond acceptors (Lipinski definition) is 8. The fraction of sp³-hybridized carbons (Fsp3) is 0.750. The van der Waals surface area contributed by atoms with Crippen molar-refractivity contribution in [2.24, 2.45) is 0 Å². The van der Waals surface area contributed by atoms with E-state index in [1.54, 1.807) is 0 Å². The van der Waals surface area contributed by atoms with E-state index in [0.717, 1.165) is 6.42 Å². The molecule has 9 nitrogen and oxygen atoms in total. The lowest BCUT2D eigenvalue weighted by atomic mass is 10.1. The van der Waals surface area contributed by atoms with Gasteiger partial charge in [-0.2, -0.15) is 15.0 Å². The van der Waals surface area contributed by atoms with E-state index in [1.807, 2.05) is 6.92 Å². The lowest BCUT2D eigenvalue weighted by Gasteiger charge is -2.30. The molecule has 0 aromatic carbocycles. The largest absolute Gasteiger partial charge is 0.463 e. The number of aromatic nitrogens is 3. The van der Waals surface area contributed by atoms with Crippen LogP contribution < -0.4 is 15.8 Å². The molecule has 1 saturated heterocycles. The summed E-state index contributed by atoms with van der Waals surface area (Å²) in [4.78, 5) is 12.1. The Morgan fingerprint density at radius 1 is 1.32 bits per heavy atom. The Morgan fingerprint density at radius 2 is 2.00 bits per heavy atom. The third-order valence-electron chi connectivity index (χ3n) is 3.32. The van der Waals surface area contributed by atoms with Crippen molar-refractivity contribution in [1.29, 1.82) is 0 Å². The van der Waals surface area contributed by atoms with Crippen molar-refractivity contribution in [3.63, 3.8) is 0 Å². The van der Waals surface area contributed by atoms with Crippen molar-refractivity contribution >= 4 is 21.9 Å². The first-order chi connectivity index (χ1) is 10.4. The Kier molecular flexibility index (Phi) is 5.35. The number of nitrogens with two attached hydrogens (primary N) is 1. The summed E-state index contributed by atoms with van der Waals surface area (Å²) in [5.74, 6) is 0.452. The van der Waals surface area contributed by atoms with E-state index in [1.165, 1.54) is 10.6 Å². The number of hydrogen-bond donors (Lipinski definition) is 2. The first kappa shape index (κ1) is 16.7. The maximum absolute atomic E-state index is 11.5. The summed E-state index contributed by atoms with van der Waals surface area (Å²) in [6.45, 7) is 3.46. The number of piperidine rings is 1. The van der Waals surface area contributed by atoms with Gasteiger partial charge >= 0.3 is 6.01 Å². The summed E-state index contributed by atoms with van der Waals surface area (Å²) in [6.07, 6.45) is 3.44. The molecule has 0 spiro atoms. The zero-order valence-corrected chi connectivity index (χ0v) is 13.6. The van der Waals surface area contributed by atoms with Crippen LogP contribution in [0.5, 0.6) is 6.01 Å². The molecular weight excluding hydrogens is 308 g/mol. The Morgan fingerprint density at radius 3 is 2.59 bits per heavy atom. The summed E-state index contributed by atoms with van der Waals surface area (Å²) in [7, 11) is -3.12. The van der Waals surface area contributed by atoms with E-state index in [4.69, 9.17) is 10.5 Å². The quantitative estimate of drug-likeness (QED) is 0.751. The van der Waals surface area contributed by atoms with Gasteiger partial charge in [0.15, 0.2) is 0 Å². The molecule has 0 atom stereocenters. The fourth-order valence-corrected chi connectivity index (χ4v) is 3.08. The first-order valence-electron chi connectivity index (χ1n) is 7.24. The van der Waals surface area contributed by atoms with E-state index >= 15 is 0 Å². The molecule has 0 bridgehead atoms. The summed E-state index contributed by atoms with van der Waals surface area (Å²) in [5, 5.41) is 3.17. The van der Waals surface area contributed by atoms with E-state index in [-0.39, 0.29) is 18.0 Å². The number of anilines is 2. The molecule has 3 N–H and O–H groups in total. The van der Waals surface area contributed by atoms with Crippen molar-refractivity contribution in [3.05, 3.63) is 0 Å². The Labute approximate surface area is 130 Å². The summed E-state index contributed by atoms with van der Waals surface area (Å²) in [6, 6.07) is 0.296. The molecule has 0 saturated carbocycles. The maximum atomic E-state index is 11.5. The first-order valence-corrected chi connectivity index (χ1v) is 9.09. The van der Waals surface area contributed by atoms with Gasteiger partial charge in [0, 0.05) is 19.1 Å². The molecule has 22 heavy (non-hydrogen) atoms. The third kappa shape index (κ3) is 4.67. The standard InChI is InChI=1S/C12H22N6O3S/c1-3-8-21-12-16-10(13)15-11(17-12)14-9-4-6-18(7-5-9)22(2,19)20/h9H,3-8H2,1-2H3,(H3,13,14,15,16,17). The number of nitrogens with one attached hydrogen (secondary N) is 1. The lowest BCUT2D eigenvalue weighted by Crippen LogP contribution is -2.42. The molecule has 0 aliphatic carbocycles. The van der Waals surface area contributed by atoms with Crippen LogP contribution in [0.2, 0.25) is 0 Å². The molecule has 10 heteroatoms. The van der Waals surface area contributed by atoms with Crippen LogP contribution in [0, 0.1) is 0 Å². The molecule has 0 amide bonds. The minimum atomic E-state index is -3.12. The van der Waals surface area contributed by atoms with Crippen LogP contribution >= 0.6 is 0 Å². The highest BCUT2D eigenvalue weighted by Gasteiger charge is 2.25. The van der Waals surface area contributed by atoms with Crippen LogP contribution in [0.3, 0.4) is 0 Å². The number of sulfonamides is 1. The van der Waals surface area contributed by atoms with Crippen molar-refractivity contribution < 1.29 is 13.2 Å². The predicted octanol–water partition coefficient (Wildman–Crippen LogP) is 0.0785. The van der Waals surface area contributed by atoms with Gasteiger partial charge < -0.3 is 15.8 Å². The van der Waals surface area contributed by atoms with E-state index in [0.29, 0.717) is 38.5 Å². The normalized spacial score (nSPS) is 17.4. The highest BCUT2D eigenvalue weighted by molar-refractivity contribution is 7.88. The number of nitrogens with zero attached hydrogens (tertiary/aromatic N) is 4. The summed E-state index contributed by atoms with van der Waals surface area (Å²) < 4.78 is 29.8. The zero-order valence-electron chi connectivity index (χ0n) is 12.8. The molecule has 1 fully saturated rings. The van der Waals surface area contributed by atoms with Crippen LogP contribution in [-0.4, -0.2) is 59.7 Å². The number of nitrogen functional groups attached to an aromatic ring is 1. The third-order valence-corrected chi connectivity index (χ3v) is 4.63. The van der Waals surface area contributed by atoms with Gasteiger partial charge in [-0.3, -0.25) is 0 Å². The van der Waals surface area contributed by atoms with E-state index in [2.05, 4.69) is 20.3 Å². The molecule has 1 aliphatic heterocycles. The van der Waals surface area contributed by atoms with Gasteiger partial charge in [-0.25, -0.2) is 12.7 Å². The fourth-order valence-electron chi connectivity index (χ4n) is 2.21. The smallest absolute Gasteiger partial charge is 0.323 e. The monoisotopic (exact) mass is 330 g/mol. The molecule has 0 unspecified atom stereocenters. The SMILES string of the molecule is CCCOc1nc(N)nc(NC2CCN(S(C)(=O)=O)CC2)n1. The van der Waals surface area contributed by atoms with Gasteiger partial charge in [0.25, 0.3) is 0 Å². The van der Waals surface area contributed by atoms with Gasteiger partial charge in [-0.1, -0.05) is 6.92 Å². The maximum Gasteiger partial charge on any atom is 0.323 e. The van der Waals surface area contributed by atoms with Gasteiger partial charge in [-0.05, 0) is 19.3 Å². The van der Waals surface area contributed by atoms with Gasteiger partial charge in [0.1, 0.15) is 0 Å². The van der Waals surface area contributed by atoms with Gasteiger partial charge in [0.2, 0.25) is 21.9 Å². The summed E-state index contributed by atoms with van der Waals surface area (Å²) >= 11 is 0. The molecule has 124 valence electrons. The average Bonchev–Trinajstić information content (AvgIpc) is 2.44. The highest BCUT2D eigenvalue weighted by atomic mass is 32.2. The molecule has 0 radical (unpaired) electrons. The van der Waals surface area contributed by atoms with Crippen LogP contribution in [0.15, 0.2) is 0 Å². The average molecular weight is 330 g/mol. The second-order valence-electron chi connectivity index (χ2n) is 5.23. The predicted molar refractivity (Wildman–Crippen MR) is 83.1 cm³/mol. The zero-order chi connectivity index (χ0) is 16.2. The molecule has 2 rings (SSSR count). The Hall–Kier alpha value is -1.68. The molecule has 1 aliphatic rings. The van der Waals surface area contributed by atoms with Crippen LogP contribution in [0.25, 0.3) is 0 Å². The number of ether oxygens (including phenoxy) is 1. The minimum absolute atomic E-state index is 0.0946. The Balaban J connectivity index is 1.95. The van der Waals surface area contributed by atoms with Gasteiger partial charge in [-0.15, -0.1) is 0 Å². The van der Waals surface area contributed by atoms with Gasteiger partial charge in [0.05, 0.1) is 12.9 Å². The molecule has 2 heterocycles. The topological polar surface area (TPSA) is 123 Å². The Bertz CT molecular complexity index is 601. The van der Waals surface area contributed by atoms with E-state index < -0.39 is 10.0 Å². The van der Waals surface area contributed by atoms with Crippen molar-refractivity contribution in [2.75, 3.05) is 37.0 Å². The van der Waals surface area contributed by atoms with E-state index in [9.17, 15) is 8.42 Å². The van der Waals surface area contributed by atoms with Crippen molar-refractivity contribution in [3.8, 4) is 6.01 Å². The van der Waals surface area contributed by atoms with Crippen LogP contribution in [0.1, 0.15) is 26.2 Å². The lowest BCUT2D eigenvalue weighted by molar-refractivity contribution is 0.292. The highest BCUT2D eigenvalue weighted by Crippen LogP contribution is 2.17. The molecule has 1 aromatic heterocycles. The second-order valence-corrected chi connectivity index (χ2v) is 7.21. The minimum Gasteiger partial charge on any atom is -0.463 e. The summed E-state index contributed by atoms with van der Waals surface area (Å²) in [5.41, 5.74) is 5.65. The van der Waals surface area contributed by atoms with Crippen LogP contribution in [-0.2, 0) is 10.0 Å². The number of rotatable bonds is 6. The molecule has 1 aromatic rings.